The van der Waals surface area contributed by atoms with Gasteiger partial charge < -0.3 is 10.1 Å². The van der Waals surface area contributed by atoms with Gasteiger partial charge in [-0.15, -0.1) is 0 Å². The van der Waals surface area contributed by atoms with Crippen LogP contribution >= 0.6 is 0 Å². The van der Waals surface area contributed by atoms with Crippen LogP contribution in [0.15, 0.2) is 24.4 Å². The molecule has 1 unspecified atom stereocenters. The van der Waals surface area contributed by atoms with Gasteiger partial charge in [-0.3, -0.25) is 9.89 Å². The second-order valence-corrected chi connectivity index (χ2v) is 5.51. The molecule has 2 aromatic rings. The van der Waals surface area contributed by atoms with E-state index in [4.69, 9.17) is 4.74 Å². The van der Waals surface area contributed by atoms with Gasteiger partial charge in [0.2, 0.25) is 5.91 Å². The minimum absolute atomic E-state index is 0.0136. The summed E-state index contributed by atoms with van der Waals surface area (Å²) in [4.78, 5) is 12.5. The monoisotopic (exact) mass is 285 g/mol. The second-order valence-electron chi connectivity index (χ2n) is 5.51. The molecular weight excluding hydrogens is 266 g/mol. The van der Waals surface area contributed by atoms with Crippen LogP contribution in [0.4, 0.5) is 5.69 Å². The lowest BCUT2D eigenvalue weighted by molar-refractivity contribution is -0.120. The molecule has 0 radical (unpaired) electrons. The van der Waals surface area contributed by atoms with E-state index in [0.29, 0.717) is 5.75 Å². The molecule has 0 bridgehead atoms. The third kappa shape index (κ3) is 2.77. The molecule has 5 nitrogen and oxygen atoms in total. The summed E-state index contributed by atoms with van der Waals surface area (Å²) in [6.07, 6.45) is 4.28. The molecule has 1 aliphatic rings. The van der Waals surface area contributed by atoms with Crippen molar-refractivity contribution in [2.75, 3.05) is 12.4 Å². The average Bonchev–Trinajstić information content (AvgIpc) is 2.94. The molecule has 0 fully saturated rings. The first-order valence-electron chi connectivity index (χ1n) is 7.14. The fraction of sp³-hybridized carbons (Fsp3) is 0.375. The number of fused-ring (bicyclic) bond motifs is 1. The highest BCUT2D eigenvalue weighted by molar-refractivity contribution is 5.94. The van der Waals surface area contributed by atoms with E-state index in [2.05, 4.69) is 15.5 Å². The average molecular weight is 285 g/mol. The molecule has 2 N–H and O–H groups in total. The molecule has 1 aromatic carbocycles. The zero-order valence-electron chi connectivity index (χ0n) is 12.3. The number of rotatable bonds is 3. The zero-order chi connectivity index (χ0) is 14.8. The standard InChI is InChI=1S/C16H19N3O2/c1-10-3-6-15(21-2)14(7-10)18-16(20)11-4-5-13-12(8-11)9-17-19-13/h3,6-7,9,11H,4-5,8H2,1-2H3,(H,17,19)(H,18,20). The summed E-state index contributed by atoms with van der Waals surface area (Å²) in [5.74, 6) is 0.722. The van der Waals surface area contributed by atoms with E-state index in [0.717, 1.165) is 41.8 Å². The SMILES string of the molecule is COc1ccc(C)cc1NC(=O)C1CCc2[nH]ncc2C1. The van der Waals surface area contributed by atoms with Crippen LogP contribution in [0.25, 0.3) is 0 Å². The number of aromatic nitrogens is 2. The van der Waals surface area contributed by atoms with Crippen LogP contribution in [0.5, 0.6) is 5.75 Å². The number of hydrogen-bond acceptors (Lipinski definition) is 3. The van der Waals surface area contributed by atoms with Crippen molar-refractivity contribution in [3.8, 4) is 5.75 Å². The van der Waals surface area contributed by atoms with Gasteiger partial charge in [0.05, 0.1) is 19.0 Å². The molecular formula is C16H19N3O2. The number of nitrogens with one attached hydrogen (secondary N) is 2. The number of methoxy groups -OCH3 is 1. The number of ether oxygens (including phenoxy) is 1. The van der Waals surface area contributed by atoms with Crippen molar-refractivity contribution >= 4 is 11.6 Å². The third-order valence-electron chi connectivity index (χ3n) is 4.00. The van der Waals surface area contributed by atoms with Gasteiger partial charge in [0.1, 0.15) is 5.75 Å². The van der Waals surface area contributed by atoms with E-state index in [9.17, 15) is 4.79 Å². The lowest BCUT2D eigenvalue weighted by Crippen LogP contribution is -2.28. The fourth-order valence-electron chi connectivity index (χ4n) is 2.79. The Kier molecular flexibility index (Phi) is 3.64. The first-order chi connectivity index (χ1) is 10.2. The largest absolute Gasteiger partial charge is 0.495 e. The molecule has 3 rings (SSSR count). The minimum atomic E-state index is -0.0136. The number of nitrogens with zero attached hydrogens (tertiary/aromatic N) is 1. The number of carbonyl (C=O) groups excluding carboxylic acids is 1. The smallest absolute Gasteiger partial charge is 0.227 e. The number of aromatic amines is 1. The van der Waals surface area contributed by atoms with Crippen LogP contribution in [0, 0.1) is 12.8 Å². The van der Waals surface area contributed by atoms with Crippen LogP contribution < -0.4 is 10.1 Å². The van der Waals surface area contributed by atoms with Gasteiger partial charge in [0, 0.05) is 11.6 Å². The van der Waals surface area contributed by atoms with Crippen molar-refractivity contribution in [1.82, 2.24) is 10.2 Å². The molecule has 0 aliphatic heterocycles. The Bertz CT molecular complexity index is 663. The molecule has 1 aromatic heterocycles. The topological polar surface area (TPSA) is 67.0 Å². The summed E-state index contributed by atoms with van der Waals surface area (Å²) in [6.45, 7) is 1.99. The Labute approximate surface area is 123 Å². The van der Waals surface area contributed by atoms with Crippen molar-refractivity contribution in [3.63, 3.8) is 0 Å². The summed E-state index contributed by atoms with van der Waals surface area (Å²) < 4.78 is 5.30. The normalized spacial score (nSPS) is 17.1. The highest BCUT2D eigenvalue weighted by Crippen LogP contribution is 2.28. The van der Waals surface area contributed by atoms with Gasteiger partial charge in [-0.05, 0) is 49.4 Å². The molecule has 1 atom stereocenters. The summed E-state index contributed by atoms with van der Waals surface area (Å²) >= 11 is 0. The summed E-state index contributed by atoms with van der Waals surface area (Å²) in [6, 6.07) is 5.77. The molecule has 1 heterocycles. The Balaban J connectivity index is 1.74. The van der Waals surface area contributed by atoms with Crippen LogP contribution in [0.3, 0.4) is 0 Å². The van der Waals surface area contributed by atoms with Gasteiger partial charge in [0.25, 0.3) is 0 Å². The van der Waals surface area contributed by atoms with Crippen LogP contribution in [-0.4, -0.2) is 23.2 Å². The summed E-state index contributed by atoms with van der Waals surface area (Å²) in [7, 11) is 1.61. The number of anilines is 1. The van der Waals surface area contributed by atoms with E-state index in [1.165, 1.54) is 0 Å². The van der Waals surface area contributed by atoms with E-state index in [1.54, 1.807) is 7.11 Å². The highest BCUT2D eigenvalue weighted by Gasteiger charge is 2.26. The van der Waals surface area contributed by atoms with E-state index in [1.807, 2.05) is 31.3 Å². The van der Waals surface area contributed by atoms with Gasteiger partial charge in [-0.2, -0.15) is 5.10 Å². The first-order valence-corrected chi connectivity index (χ1v) is 7.14. The van der Waals surface area contributed by atoms with Gasteiger partial charge in [-0.25, -0.2) is 0 Å². The number of amides is 1. The molecule has 110 valence electrons. The zero-order valence-corrected chi connectivity index (χ0v) is 12.3. The van der Waals surface area contributed by atoms with Crippen molar-refractivity contribution in [3.05, 3.63) is 41.2 Å². The number of hydrogen-bond donors (Lipinski definition) is 2. The molecule has 5 heteroatoms. The van der Waals surface area contributed by atoms with E-state index in [-0.39, 0.29) is 11.8 Å². The van der Waals surface area contributed by atoms with Crippen molar-refractivity contribution in [1.29, 1.82) is 0 Å². The van der Waals surface area contributed by atoms with Crippen LogP contribution in [-0.2, 0) is 17.6 Å². The Morgan fingerprint density at radius 1 is 1.48 bits per heavy atom. The molecule has 21 heavy (non-hydrogen) atoms. The predicted octanol–water partition coefficient (Wildman–Crippen LogP) is 2.47. The molecule has 0 saturated carbocycles. The Hall–Kier alpha value is -2.30. The van der Waals surface area contributed by atoms with Gasteiger partial charge in [-0.1, -0.05) is 6.07 Å². The number of H-pyrrole nitrogens is 1. The van der Waals surface area contributed by atoms with Gasteiger partial charge in [0.15, 0.2) is 0 Å². The Morgan fingerprint density at radius 3 is 3.14 bits per heavy atom. The maximum atomic E-state index is 12.5. The Morgan fingerprint density at radius 2 is 2.33 bits per heavy atom. The summed E-state index contributed by atoms with van der Waals surface area (Å²) in [5, 5.41) is 10.0. The number of benzene rings is 1. The number of aryl methyl sites for hydroxylation is 2. The predicted molar refractivity (Wildman–Crippen MR) is 80.5 cm³/mol. The van der Waals surface area contributed by atoms with E-state index < -0.39 is 0 Å². The lowest BCUT2D eigenvalue weighted by Gasteiger charge is -2.21. The van der Waals surface area contributed by atoms with Crippen molar-refractivity contribution in [2.24, 2.45) is 5.92 Å². The molecule has 1 aliphatic carbocycles. The maximum Gasteiger partial charge on any atom is 0.227 e. The summed E-state index contributed by atoms with van der Waals surface area (Å²) in [5.41, 5.74) is 4.14. The van der Waals surface area contributed by atoms with Crippen LogP contribution in [0.1, 0.15) is 23.2 Å². The molecule has 0 spiro atoms. The second kappa shape index (κ2) is 5.60. The van der Waals surface area contributed by atoms with E-state index >= 15 is 0 Å². The lowest BCUT2D eigenvalue weighted by atomic mass is 9.87. The van der Waals surface area contributed by atoms with Crippen molar-refractivity contribution < 1.29 is 9.53 Å². The molecule has 1 amide bonds. The number of carbonyl (C=O) groups is 1. The third-order valence-corrected chi connectivity index (χ3v) is 4.00. The quantitative estimate of drug-likeness (QED) is 0.910. The minimum Gasteiger partial charge on any atom is -0.495 e. The van der Waals surface area contributed by atoms with Crippen LogP contribution in [0.2, 0.25) is 0 Å². The fourth-order valence-corrected chi connectivity index (χ4v) is 2.79. The molecule has 0 saturated heterocycles. The van der Waals surface area contributed by atoms with Crippen molar-refractivity contribution in [2.45, 2.75) is 26.2 Å². The highest BCUT2D eigenvalue weighted by atomic mass is 16.5. The van der Waals surface area contributed by atoms with Gasteiger partial charge >= 0.3 is 0 Å². The first kappa shape index (κ1) is 13.7. The maximum absolute atomic E-state index is 12.5.